The Hall–Kier alpha value is -3.00. The van der Waals surface area contributed by atoms with Gasteiger partial charge in [0.2, 0.25) is 5.91 Å². The van der Waals surface area contributed by atoms with Crippen LogP contribution in [0.1, 0.15) is 45.4 Å². The molecule has 0 aliphatic rings. The third kappa shape index (κ3) is 5.99. The van der Waals surface area contributed by atoms with E-state index >= 15 is 0 Å². The molecule has 8 nitrogen and oxygen atoms in total. The average Bonchev–Trinajstić information content (AvgIpc) is 2.74. The Kier molecular flexibility index (Phi) is 7.52. The molecule has 3 rings (SSSR count). The zero-order valence-electron chi connectivity index (χ0n) is 16.3. The SMILES string of the molecule is CCCCCCCC(=O)NNc1ncnc2c(Nc3ccc(Cl)cc3)ncnc12. The molecule has 0 aliphatic heterocycles. The Morgan fingerprint density at radius 1 is 0.897 bits per heavy atom. The Balaban J connectivity index is 1.65. The molecule has 0 bridgehead atoms. The van der Waals surface area contributed by atoms with E-state index in [0.717, 1.165) is 24.9 Å². The van der Waals surface area contributed by atoms with E-state index in [9.17, 15) is 4.79 Å². The number of benzene rings is 1. The molecule has 0 unspecified atom stereocenters. The van der Waals surface area contributed by atoms with Gasteiger partial charge < -0.3 is 5.32 Å². The minimum atomic E-state index is -0.0816. The molecule has 0 fully saturated rings. The monoisotopic (exact) mass is 413 g/mol. The maximum Gasteiger partial charge on any atom is 0.238 e. The second-order valence-corrected chi connectivity index (χ2v) is 7.05. The maximum atomic E-state index is 12.0. The number of amides is 1. The van der Waals surface area contributed by atoms with Crippen LogP contribution in [0.25, 0.3) is 11.0 Å². The first-order chi connectivity index (χ1) is 14.2. The van der Waals surface area contributed by atoms with Crippen LogP contribution in [0.15, 0.2) is 36.9 Å². The number of nitrogens with one attached hydrogen (secondary N) is 3. The average molecular weight is 414 g/mol. The molecule has 0 saturated carbocycles. The van der Waals surface area contributed by atoms with Crippen LogP contribution in [0, 0.1) is 0 Å². The lowest BCUT2D eigenvalue weighted by atomic mass is 10.1. The molecule has 9 heteroatoms. The van der Waals surface area contributed by atoms with E-state index in [1.54, 1.807) is 12.1 Å². The quantitative estimate of drug-likeness (QED) is 0.329. The molecule has 29 heavy (non-hydrogen) atoms. The molecule has 0 spiro atoms. The standard InChI is InChI=1S/C20H24ClN7O/c1-2-3-4-5-6-7-16(29)27-28-20-18-17(22-13-25-20)19(24-12-23-18)26-15-10-8-14(21)9-11-15/h8-13H,2-7H2,1H3,(H,27,29)(H,22,25,28)(H,23,24,26). The number of hydrogen-bond donors (Lipinski definition) is 3. The summed E-state index contributed by atoms with van der Waals surface area (Å²) in [5.74, 6) is 0.864. The van der Waals surface area contributed by atoms with Crippen molar-refractivity contribution in [1.29, 1.82) is 0 Å². The van der Waals surface area contributed by atoms with Gasteiger partial charge in [-0.3, -0.25) is 15.6 Å². The number of unbranched alkanes of at least 4 members (excludes halogenated alkanes) is 4. The predicted molar refractivity (Wildman–Crippen MR) is 115 cm³/mol. The molecule has 1 amide bonds. The number of nitrogens with zero attached hydrogens (tertiary/aromatic N) is 4. The second kappa shape index (κ2) is 10.5. The summed E-state index contributed by atoms with van der Waals surface area (Å²) in [6, 6.07) is 7.26. The van der Waals surface area contributed by atoms with Gasteiger partial charge in [-0.05, 0) is 30.7 Å². The lowest BCUT2D eigenvalue weighted by Gasteiger charge is -2.11. The van der Waals surface area contributed by atoms with Gasteiger partial charge in [0.05, 0.1) is 0 Å². The van der Waals surface area contributed by atoms with Crippen LogP contribution in [0.3, 0.4) is 0 Å². The number of hydrogen-bond acceptors (Lipinski definition) is 7. The van der Waals surface area contributed by atoms with Crippen LogP contribution in [-0.4, -0.2) is 25.8 Å². The molecule has 1 aromatic carbocycles. The van der Waals surface area contributed by atoms with Crippen molar-refractivity contribution in [3.05, 3.63) is 41.9 Å². The number of carbonyl (C=O) groups is 1. The van der Waals surface area contributed by atoms with Crippen LogP contribution >= 0.6 is 11.6 Å². The van der Waals surface area contributed by atoms with Crippen molar-refractivity contribution in [3.8, 4) is 0 Å². The third-order valence-corrected chi connectivity index (χ3v) is 4.61. The van der Waals surface area contributed by atoms with Gasteiger partial charge in [0.25, 0.3) is 0 Å². The summed E-state index contributed by atoms with van der Waals surface area (Å²) in [5.41, 5.74) is 7.39. The first-order valence-electron chi connectivity index (χ1n) is 9.70. The van der Waals surface area contributed by atoms with Gasteiger partial charge in [0.1, 0.15) is 23.7 Å². The minimum absolute atomic E-state index is 0.0816. The van der Waals surface area contributed by atoms with Crippen molar-refractivity contribution < 1.29 is 4.79 Å². The summed E-state index contributed by atoms with van der Waals surface area (Å²) >= 11 is 5.93. The zero-order valence-corrected chi connectivity index (χ0v) is 17.0. The second-order valence-electron chi connectivity index (χ2n) is 6.61. The van der Waals surface area contributed by atoms with E-state index in [1.807, 2.05) is 12.1 Å². The first-order valence-corrected chi connectivity index (χ1v) is 10.1. The summed E-state index contributed by atoms with van der Waals surface area (Å²) < 4.78 is 0. The van der Waals surface area contributed by atoms with Crippen molar-refractivity contribution >= 4 is 45.9 Å². The number of halogens is 1. The predicted octanol–water partition coefficient (Wildman–Crippen LogP) is 4.62. The van der Waals surface area contributed by atoms with Crippen LogP contribution in [0.4, 0.5) is 17.3 Å². The highest BCUT2D eigenvalue weighted by atomic mass is 35.5. The van der Waals surface area contributed by atoms with Crippen molar-refractivity contribution in [2.45, 2.75) is 45.4 Å². The Bertz CT molecular complexity index is 949. The highest BCUT2D eigenvalue weighted by molar-refractivity contribution is 6.30. The molecule has 0 atom stereocenters. The largest absolute Gasteiger partial charge is 0.338 e. The van der Waals surface area contributed by atoms with Crippen molar-refractivity contribution in [2.75, 3.05) is 10.7 Å². The summed E-state index contributed by atoms with van der Waals surface area (Å²) in [5, 5.41) is 3.85. The Labute approximate surface area is 174 Å². The first kappa shape index (κ1) is 20.7. The van der Waals surface area contributed by atoms with E-state index in [2.05, 4.69) is 43.0 Å². The smallest absolute Gasteiger partial charge is 0.238 e. The topological polar surface area (TPSA) is 105 Å². The Morgan fingerprint density at radius 3 is 2.28 bits per heavy atom. The lowest BCUT2D eigenvalue weighted by Crippen LogP contribution is -2.29. The van der Waals surface area contributed by atoms with Gasteiger partial charge in [-0.15, -0.1) is 0 Å². The minimum Gasteiger partial charge on any atom is -0.338 e. The molecule has 3 aromatic rings. The van der Waals surface area contributed by atoms with Gasteiger partial charge in [0.15, 0.2) is 11.6 Å². The van der Waals surface area contributed by atoms with Crippen LogP contribution in [0.5, 0.6) is 0 Å². The van der Waals surface area contributed by atoms with E-state index in [1.165, 1.54) is 25.5 Å². The molecule has 0 radical (unpaired) electrons. The zero-order chi connectivity index (χ0) is 20.5. The highest BCUT2D eigenvalue weighted by Crippen LogP contribution is 2.24. The summed E-state index contributed by atoms with van der Waals surface area (Å²) in [7, 11) is 0. The van der Waals surface area contributed by atoms with Crippen LogP contribution < -0.4 is 16.2 Å². The van der Waals surface area contributed by atoms with Gasteiger partial charge >= 0.3 is 0 Å². The fourth-order valence-corrected chi connectivity index (χ4v) is 2.94. The van der Waals surface area contributed by atoms with E-state index in [-0.39, 0.29) is 5.91 Å². The fraction of sp³-hybridized carbons (Fsp3) is 0.350. The highest BCUT2D eigenvalue weighted by Gasteiger charge is 2.11. The normalized spacial score (nSPS) is 10.7. The van der Waals surface area contributed by atoms with Gasteiger partial charge in [-0.2, -0.15) is 0 Å². The summed E-state index contributed by atoms with van der Waals surface area (Å²) in [4.78, 5) is 29.0. The van der Waals surface area contributed by atoms with Crippen LogP contribution in [-0.2, 0) is 4.79 Å². The molecule has 2 heterocycles. The number of aromatic nitrogens is 4. The number of rotatable bonds is 10. The number of carbonyl (C=O) groups excluding carboxylic acids is 1. The fourth-order valence-electron chi connectivity index (χ4n) is 2.81. The lowest BCUT2D eigenvalue weighted by molar-refractivity contribution is -0.120. The Morgan fingerprint density at radius 2 is 1.55 bits per heavy atom. The van der Waals surface area contributed by atoms with Crippen LogP contribution in [0.2, 0.25) is 5.02 Å². The molecule has 0 aliphatic carbocycles. The molecule has 0 saturated heterocycles. The summed E-state index contributed by atoms with van der Waals surface area (Å²) in [6.45, 7) is 2.17. The van der Waals surface area contributed by atoms with Gasteiger partial charge in [-0.25, -0.2) is 19.9 Å². The van der Waals surface area contributed by atoms with Gasteiger partial charge in [-0.1, -0.05) is 44.2 Å². The van der Waals surface area contributed by atoms with Crippen molar-refractivity contribution in [3.63, 3.8) is 0 Å². The molecule has 152 valence electrons. The molecular formula is C20H24ClN7O. The molecule has 3 N–H and O–H groups in total. The van der Waals surface area contributed by atoms with Crippen molar-refractivity contribution in [2.24, 2.45) is 0 Å². The summed E-state index contributed by atoms with van der Waals surface area (Å²) in [6.07, 6.45) is 8.78. The number of fused-ring (bicyclic) bond motifs is 1. The maximum absolute atomic E-state index is 12.0. The third-order valence-electron chi connectivity index (χ3n) is 4.35. The van der Waals surface area contributed by atoms with E-state index in [0.29, 0.717) is 34.1 Å². The van der Waals surface area contributed by atoms with Crippen molar-refractivity contribution in [1.82, 2.24) is 25.4 Å². The number of hydrazine groups is 1. The number of anilines is 3. The molecular weight excluding hydrogens is 390 g/mol. The van der Waals surface area contributed by atoms with Gasteiger partial charge in [0, 0.05) is 17.1 Å². The molecule has 2 aromatic heterocycles. The van der Waals surface area contributed by atoms with E-state index < -0.39 is 0 Å². The van der Waals surface area contributed by atoms with E-state index in [4.69, 9.17) is 11.6 Å².